The van der Waals surface area contributed by atoms with Crippen LogP contribution >= 0.6 is 15.9 Å². The van der Waals surface area contributed by atoms with E-state index in [1.807, 2.05) is 6.92 Å². The van der Waals surface area contributed by atoms with Crippen molar-refractivity contribution >= 4 is 26.0 Å². The molecule has 3 rings (SSSR count). The Morgan fingerprint density at radius 3 is 2.66 bits per heavy atom. The van der Waals surface area contributed by atoms with Crippen LogP contribution in [-0.4, -0.2) is 68.2 Å². The molecule has 1 aliphatic carbocycles. The summed E-state index contributed by atoms with van der Waals surface area (Å²) in [4.78, 5) is 2.49. The lowest BCUT2D eigenvalue weighted by Crippen LogP contribution is -2.49. The molecule has 0 saturated heterocycles. The van der Waals surface area contributed by atoms with Gasteiger partial charge in [-0.05, 0) is 50.9 Å². The summed E-state index contributed by atoms with van der Waals surface area (Å²) in [7, 11) is -1.64. The molecule has 1 saturated carbocycles. The molecular formula is C21H33BrN2O4S. The van der Waals surface area contributed by atoms with Gasteiger partial charge >= 0.3 is 0 Å². The highest BCUT2D eigenvalue weighted by Crippen LogP contribution is 2.35. The normalized spacial score (nSPS) is 26.6. The van der Waals surface area contributed by atoms with Gasteiger partial charge < -0.3 is 14.7 Å². The average Bonchev–Trinajstić information content (AvgIpc) is 3.16. The van der Waals surface area contributed by atoms with Crippen LogP contribution in [0, 0.1) is 11.8 Å². The summed E-state index contributed by atoms with van der Waals surface area (Å²) < 4.78 is 35.1. The van der Waals surface area contributed by atoms with Crippen molar-refractivity contribution in [2.75, 3.05) is 33.3 Å². The zero-order valence-electron chi connectivity index (χ0n) is 17.6. The van der Waals surface area contributed by atoms with Crippen LogP contribution in [0.4, 0.5) is 0 Å². The fourth-order valence-corrected chi connectivity index (χ4v) is 6.60. The quantitative estimate of drug-likeness (QED) is 0.664. The SMILES string of the molecule is C[C@@H]1CN([C@@H](C)CO)S(=O)(=O)c2ccc(Br)cc2O[C@H]1CN(C)CC1CCCC1. The second-order valence-corrected chi connectivity index (χ2v) is 11.5. The number of hydrogen-bond donors (Lipinski definition) is 1. The van der Waals surface area contributed by atoms with Crippen molar-refractivity contribution in [3.05, 3.63) is 22.7 Å². The van der Waals surface area contributed by atoms with Crippen LogP contribution in [0.5, 0.6) is 5.75 Å². The van der Waals surface area contributed by atoms with Crippen LogP contribution in [0.1, 0.15) is 39.5 Å². The van der Waals surface area contributed by atoms with Gasteiger partial charge in [-0.1, -0.05) is 35.7 Å². The van der Waals surface area contributed by atoms with E-state index in [1.54, 1.807) is 25.1 Å². The third kappa shape index (κ3) is 5.34. The molecule has 1 aliphatic heterocycles. The number of halogens is 1. The Morgan fingerprint density at radius 2 is 2.00 bits per heavy atom. The molecule has 1 aromatic rings. The number of rotatable bonds is 6. The molecular weight excluding hydrogens is 456 g/mol. The van der Waals surface area contributed by atoms with E-state index in [0.29, 0.717) is 12.3 Å². The topological polar surface area (TPSA) is 70.1 Å². The van der Waals surface area contributed by atoms with Crippen molar-refractivity contribution in [1.29, 1.82) is 0 Å². The molecule has 3 atom stereocenters. The number of hydrogen-bond acceptors (Lipinski definition) is 5. The zero-order chi connectivity index (χ0) is 21.2. The molecule has 1 N–H and O–H groups in total. The third-order valence-electron chi connectivity index (χ3n) is 6.17. The maximum Gasteiger partial charge on any atom is 0.247 e. The monoisotopic (exact) mass is 488 g/mol. The molecule has 1 heterocycles. The molecule has 1 fully saturated rings. The first-order valence-corrected chi connectivity index (χ1v) is 12.7. The molecule has 6 nitrogen and oxygen atoms in total. The summed E-state index contributed by atoms with van der Waals surface area (Å²) >= 11 is 3.44. The molecule has 1 aromatic carbocycles. The van der Waals surface area contributed by atoms with Crippen LogP contribution in [0.15, 0.2) is 27.6 Å². The van der Waals surface area contributed by atoms with Crippen molar-refractivity contribution in [2.24, 2.45) is 11.8 Å². The highest BCUT2D eigenvalue weighted by Gasteiger charge is 2.38. The predicted octanol–water partition coefficient (Wildman–Crippen LogP) is 3.34. The van der Waals surface area contributed by atoms with Crippen molar-refractivity contribution in [1.82, 2.24) is 9.21 Å². The van der Waals surface area contributed by atoms with Crippen molar-refractivity contribution in [3.8, 4) is 5.75 Å². The number of nitrogens with zero attached hydrogens (tertiary/aromatic N) is 2. The van der Waals surface area contributed by atoms with Crippen LogP contribution in [0.2, 0.25) is 0 Å². The van der Waals surface area contributed by atoms with Gasteiger partial charge in [0.1, 0.15) is 16.7 Å². The largest absolute Gasteiger partial charge is 0.487 e. The van der Waals surface area contributed by atoms with Gasteiger partial charge in [-0.25, -0.2) is 8.42 Å². The fraction of sp³-hybridized carbons (Fsp3) is 0.714. The number of aliphatic hydroxyl groups is 1. The van der Waals surface area contributed by atoms with Gasteiger partial charge in [0.15, 0.2) is 0 Å². The first kappa shape index (κ1) is 23.0. The first-order chi connectivity index (χ1) is 13.7. The maximum absolute atomic E-state index is 13.3. The summed E-state index contributed by atoms with van der Waals surface area (Å²) in [6, 6.07) is 4.54. The predicted molar refractivity (Wildman–Crippen MR) is 118 cm³/mol. The second-order valence-electron chi connectivity index (χ2n) is 8.70. The minimum Gasteiger partial charge on any atom is -0.487 e. The molecule has 0 spiro atoms. The first-order valence-electron chi connectivity index (χ1n) is 10.5. The summed E-state index contributed by atoms with van der Waals surface area (Å²) in [5.74, 6) is 1.11. The van der Waals surface area contributed by atoms with E-state index in [2.05, 4.69) is 27.9 Å². The lowest BCUT2D eigenvalue weighted by Gasteiger charge is -2.37. The zero-order valence-corrected chi connectivity index (χ0v) is 20.0. The average molecular weight is 489 g/mol. The lowest BCUT2D eigenvalue weighted by molar-refractivity contribution is 0.0711. The van der Waals surface area contributed by atoms with Crippen LogP contribution in [0.25, 0.3) is 0 Å². The number of ether oxygens (including phenoxy) is 1. The van der Waals surface area contributed by atoms with Gasteiger partial charge in [-0.3, -0.25) is 0 Å². The number of benzene rings is 1. The van der Waals surface area contributed by atoms with E-state index in [4.69, 9.17) is 4.74 Å². The summed E-state index contributed by atoms with van der Waals surface area (Å²) in [6.07, 6.45) is 5.09. The molecule has 0 aromatic heterocycles. The summed E-state index contributed by atoms with van der Waals surface area (Å²) in [6.45, 7) is 5.67. The van der Waals surface area contributed by atoms with Gasteiger partial charge in [-0.2, -0.15) is 4.31 Å². The highest BCUT2D eigenvalue weighted by atomic mass is 79.9. The minimum absolute atomic E-state index is 0.0167. The Labute approximate surface area is 183 Å². The van der Waals surface area contributed by atoms with Crippen molar-refractivity contribution in [3.63, 3.8) is 0 Å². The Kier molecular flexibility index (Phi) is 7.65. The Morgan fingerprint density at radius 1 is 1.31 bits per heavy atom. The van der Waals surface area contributed by atoms with Crippen molar-refractivity contribution in [2.45, 2.75) is 56.6 Å². The fourth-order valence-electron chi connectivity index (χ4n) is 4.43. The molecule has 0 bridgehead atoms. The van der Waals surface area contributed by atoms with Crippen molar-refractivity contribution < 1.29 is 18.3 Å². The molecule has 29 heavy (non-hydrogen) atoms. The molecule has 0 amide bonds. The van der Waals surface area contributed by atoms with E-state index in [1.165, 1.54) is 30.0 Å². The third-order valence-corrected chi connectivity index (χ3v) is 8.68. The van der Waals surface area contributed by atoms with Gasteiger partial charge in [0.2, 0.25) is 10.0 Å². The van der Waals surface area contributed by atoms with Gasteiger partial charge in [0.25, 0.3) is 0 Å². The van der Waals surface area contributed by atoms with E-state index in [9.17, 15) is 13.5 Å². The van der Waals surface area contributed by atoms with Crippen LogP contribution < -0.4 is 4.74 Å². The summed E-state index contributed by atoms with van der Waals surface area (Å²) in [5, 5.41) is 9.68. The van der Waals surface area contributed by atoms with E-state index < -0.39 is 16.1 Å². The molecule has 8 heteroatoms. The van der Waals surface area contributed by atoms with Gasteiger partial charge in [0, 0.05) is 36.1 Å². The smallest absolute Gasteiger partial charge is 0.247 e. The van der Waals surface area contributed by atoms with Gasteiger partial charge in [-0.15, -0.1) is 0 Å². The van der Waals surface area contributed by atoms with Crippen LogP contribution in [0.3, 0.4) is 0 Å². The number of fused-ring (bicyclic) bond motifs is 1. The van der Waals surface area contributed by atoms with Crippen LogP contribution in [-0.2, 0) is 10.0 Å². The molecule has 2 aliphatic rings. The summed E-state index contributed by atoms with van der Waals surface area (Å²) in [5.41, 5.74) is 0. The maximum atomic E-state index is 13.3. The molecule has 164 valence electrons. The Balaban J connectivity index is 1.89. The minimum atomic E-state index is -3.76. The number of sulfonamides is 1. The highest BCUT2D eigenvalue weighted by molar-refractivity contribution is 9.10. The second kappa shape index (κ2) is 9.64. The molecule has 0 radical (unpaired) electrons. The number of aliphatic hydroxyl groups excluding tert-OH is 1. The molecule has 0 unspecified atom stereocenters. The van der Waals surface area contributed by atoms with E-state index >= 15 is 0 Å². The van der Waals surface area contributed by atoms with E-state index in [0.717, 1.165) is 23.5 Å². The van der Waals surface area contributed by atoms with E-state index in [-0.39, 0.29) is 23.5 Å². The lowest BCUT2D eigenvalue weighted by atomic mass is 10.0. The Hall–Kier alpha value is -0.670. The van der Waals surface area contributed by atoms with Gasteiger partial charge in [0.05, 0.1) is 6.61 Å². The Bertz CT molecular complexity index is 798. The standard InChI is InChI=1S/C21H33BrN2O4S/c1-15-11-24(16(2)14-25)29(26,27)21-9-8-18(22)10-19(21)28-20(15)13-23(3)12-17-6-4-5-7-17/h8-10,15-17,20,25H,4-7,11-14H2,1-3H3/t15-,16+,20+/m1/s1. The number of likely N-dealkylation sites (N-methyl/N-ethyl adjacent to an activating group) is 1.